The van der Waals surface area contributed by atoms with E-state index in [1.807, 2.05) is 6.92 Å². The molecule has 1 aliphatic rings. The summed E-state index contributed by atoms with van der Waals surface area (Å²) in [7, 11) is 1.26. The maximum atomic E-state index is 12.0. The molecule has 0 N–H and O–H groups in total. The molecule has 8 nitrogen and oxygen atoms in total. The average Bonchev–Trinajstić information content (AvgIpc) is 3.03. The van der Waals surface area contributed by atoms with Crippen LogP contribution >= 0.6 is 0 Å². The molecular formula is C12H16N4O4. The highest BCUT2D eigenvalue weighted by Crippen LogP contribution is 2.12. The van der Waals surface area contributed by atoms with Crippen LogP contribution in [0.25, 0.3) is 0 Å². The number of carbonyl (C=O) groups is 3. The normalized spacial score (nSPS) is 14.7. The van der Waals surface area contributed by atoms with E-state index < -0.39 is 5.97 Å². The fraction of sp³-hybridized carbons (Fsp3) is 0.583. The minimum atomic E-state index is -0.585. The molecule has 1 aliphatic heterocycles. The second kappa shape index (κ2) is 5.81. The number of methoxy groups -OCH3 is 1. The zero-order valence-electron chi connectivity index (χ0n) is 11.5. The number of amides is 2. The van der Waals surface area contributed by atoms with Crippen LogP contribution in [0, 0.1) is 0 Å². The predicted octanol–water partition coefficient (Wildman–Crippen LogP) is -0.224. The fourth-order valence-corrected chi connectivity index (χ4v) is 2.19. The Bertz CT molecular complexity index is 552. The first-order valence-electron chi connectivity index (χ1n) is 6.42. The van der Waals surface area contributed by atoms with E-state index in [1.54, 1.807) is 0 Å². The largest absolute Gasteiger partial charge is 0.464 e. The first-order chi connectivity index (χ1) is 9.58. The number of carbonyl (C=O) groups excluding carboxylic acids is 3. The molecule has 2 amide bonds. The minimum Gasteiger partial charge on any atom is -0.464 e. The van der Waals surface area contributed by atoms with Crippen molar-refractivity contribution >= 4 is 17.8 Å². The van der Waals surface area contributed by atoms with Crippen molar-refractivity contribution in [1.82, 2.24) is 19.9 Å². The second-order valence-corrected chi connectivity index (χ2v) is 4.43. The second-order valence-electron chi connectivity index (χ2n) is 4.43. The number of hydrogen-bond acceptors (Lipinski definition) is 6. The van der Waals surface area contributed by atoms with Gasteiger partial charge < -0.3 is 4.74 Å². The Morgan fingerprint density at radius 1 is 1.40 bits per heavy atom. The highest BCUT2D eigenvalue weighted by atomic mass is 16.5. The molecule has 0 spiro atoms. The molecule has 0 unspecified atom stereocenters. The van der Waals surface area contributed by atoms with Crippen LogP contribution in [0.2, 0.25) is 0 Å². The third-order valence-electron chi connectivity index (χ3n) is 3.21. The lowest BCUT2D eigenvalue weighted by Crippen LogP contribution is -2.35. The summed E-state index contributed by atoms with van der Waals surface area (Å²) in [5.74, 6) is -1.08. The molecule has 0 saturated carbocycles. The molecule has 2 heterocycles. The topological polar surface area (TPSA) is 94.4 Å². The van der Waals surface area contributed by atoms with Gasteiger partial charge in [0, 0.05) is 13.0 Å². The summed E-state index contributed by atoms with van der Waals surface area (Å²) in [6, 6.07) is 0. The number of esters is 1. The summed E-state index contributed by atoms with van der Waals surface area (Å²) in [5.41, 5.74) is 0.632. The van der Waals surface area contributed by atoms with Crippen molar-refractivity contribution in [2.75, 3.05) is 13.7 Å². The van der Waals surface area contributed by atoms with E-state index in [2.05, 4.69) is 15.0 Å². The van der Waals surface area contributed by atoms with E-state index in [9.17, 15) is 14.4 Å². The van der Waals surface area contributed by atoms with Gasteiger partial charge in [-0.2, -0.15) is 0 Å². The van der Waals surface area contributed by atoms with Gasteiger partial charge in [-0.3, -0.25) is 14.5 Å². The van der Waals surface area contributed by atoms with Gasteiger partial charge in [0.05, 0.1) is 12.8 Å². The molecule has 8 heteroatoms. The standard InChI is InChI=1S/C12H16N4O4/c1-3-8-11(12(19)20-2)13-14-16(8)7-10(18)15-6-4-5-9(15)17/h3-7H2,1-2H3. The van der Waals surface area contributed by atoms with Gasteiger partial charge in [-0.05, 0) is 12.8 Å². The predicted molar refractivity (Wildman–Crippen MR) is 66.7 cm³/mol. The van der Waals surface area contributed by atoms with Crippen molar-refractivity contribution in [3.8, 4) is 0 Å². The molecule has 2 rings (SSSR count). The molecule has 108 valence electrons. The van der Waals surface area contributed by atoms with Crippen LogP contribution in [0.5, 0.6) is 0 Å². The summed E-state index contributed by atoms with van der Waals surface area (Å²) in [5, 5.41) is 7.54. The minimum absolute atomic E-state index is 0.0983. The van der Waals surface area contributed by atoms with Gasteiger partial charge in [0.15, 0.2) is 5.69 Å². The Morgan fingerprint density at radius 2 is 2.15 bits per heavy atom. The van der Waals surface area contributed by atoms with Crippen LogP contribution < -0.4 is 0 Å². The smallest absolute Gasteiger partial charge is 0.360 e. The number of nitrogens with zero attached hydrogens (tertiary/aromatic N) is 4. The van der Waals surface area contributed by atoms with Gasteiger partial charge in [-0.1, -0.05) is 12.1 Å². The highest BCUT2D eigenvalue weighted by Gasteiger charge is 2.28. The third-order valence-corrected chi connectivity index (χ3v) is 3.21. The number of likely N-dealkylation sites (tertiary alicyclic amines) is 1. The zero-order valence-corrected chi connectivity index (χ0v) is 11.5. The van der Waals surface area contributed by atoms with Gasteiger partial charge in [0.1, 0.15) is 6.54 Å². The molecule has 1 aromatic rings. The van der Waals surface area contributed by atoms with Crippen LogP contribution in [0.4, 0.5) is 0 Å². The van der Waals surface area contributed by atoms with Crippen LogP contribution in [-0.4, -0.2) is 51.3 Å². The number of aromatic nitrogens is 3. The van der Waals surface area contributed by atoms with Gasteiger partial charge >= 0.3 is 5.97 Å². The molecule has 20 heavy (non-hydrogen) atoms. The van der Waals surface area contributed by atoms with E-state index >= 15 is 0 Å². The van der Waals surface area contributed by atoms with E-state index in [0.717, 1.165) is 0 Å². The molecule has 0 atom stereocenters. The van der Waals surface area contributed by atoms with Crippen molar-refractivity contribution in [2.24, 2.45) is 0 Å². The Kier molecular flexibility index (Phi) is 4.11. The molecule has 0 bridgehead atoms. The molecule has 1 fully saturated rings. The number of ether oxygens (including phenoxy) is 1. The van der Waals surface area contributed by atoms with Crippen molar-refractivity contribution in [1.29, 1.82) is 0 Å². The number of hydrogen-bond donors (Lipinski definition) is 0. The highest BCUT2D eigenvalue weighted by molar-refractivity contribution is 5.96. The molecular weight excluding hydrogens is 264 g/mol. The summed E-state index contributed by atoms with van der Waals surface area (Å²) in [4.78, 5) is 36.3. The van der Waals surface area contributed by atoms with Gasteiger partial charge in [-0.15, -0.1) is 5.10 Å². The van der Waals surface area contributed by atoms with Gasteiger partial charge in [0.2, 0.25) is 5.91 Å². The van der Waals surface area contributed by atoms with Gasteiger partial charge in [-0.25, -0.2) is 9.48 Å². The Balaban J connectivity index is 2.17. The fourth-order valence-electron chi connectivity index (χ4n) is 2.19. The first-order valence-corrected chi connectivity index (χ1v) is 6.42. The summed E-state index contributed by atoms with van der Waals surface area (Å²) < 4.78 is 5.96. The lowest BCUT2D eigenvalue weighted by molar-refractivity contribution is -0.142. The molecule has 0 aliphatic carbocycles. The number of rotatable bonds is 4. The van der Waals surface area contributed by atoms with Crippen LogP contribution in [0.3, 0.4) is 0 Å². The van der Waals surface area contributed by atoms with E-state index in [1.165, 1.54) is 16.7 Å². The van der Waals surface area contributed by atoms with Crippen molar-refractivity contribution in [2.45, 2.75) is 32.7 Å². The molecule has 0 aromatic carbocycles. The van der Waals surface area contributed by atoms with Crippen LogP contribution in [0.15, 0.2) is 0 Å². The number of imide groups is 1. The Labute approximate surface area is 115 Å². The van der Waals surface area contributed by atoms with Crippen molar-refractivity contribution in [3.05, 3.63) is 11.4 Å². The maximum Gasteiger partial charge on any atom is 0.360 e. The van der Waals surface area contributed by atoms with E-state index in [-0.39, 0.29) is 24.1 Å². The molecule has 1 aromatic heterocycles. The van der Waals surface area contributed by atoms with Crippen molar-refractivity contribution < 1.29 is 19.1 Å². The quantitative estimate of drug-likeness (QED) is 0.707. The Hall–Kier alpha value is -2.25. The third kappa shape index (κ3) is 2.54. The lowest BCUT2D eigenvalue weighted by Gasteiger charge is -2.13. The monoisotopic (exact) mass is 280 g/mol. The average molecular weight is 280 g/mol. The SMILES string of the molecule is CCc1c(C(=O)OC)nnn1CC(=O)N1CCCC1=O. The maximum absolute atomic E-state index is 12.0. The van der Waals surface area contributed by atoms with E-state index in [0.29, 0.717) is 31.5 Å². The summed E-state index contributed by atoms with van der Waals surface area (Å²) >= 11 is 0. The van der Waals surface area contributed by atoms with Crippen LogP contribution in [-0.2, 0) is 27.3 Å². The Morgan fingerprint density at radius 3 is 2.70 bits per heavy atom. The lowest BCUT2D eigenvalue weighted by atomic mass is 10.2. The summed E-state index contributed by atoms with van der Waals surface area (Å²) in [6.45, 7) is 2.17. The van der Waals surface area contributed by atoms with E-state index in [4.69, 9.17) is 0 Å². The summed E-state index contributed by atoms with van der Waals surface area (Å²) in [6.07, 6.45) is 1.58. The molecule has 1 saturated heterocycles. The van der Waals surface area contributed by atoms with Gasteiger partial charge in [0.25, 0.3) is 5.91 Å². The first kappa shape index (κ1) is 14.2. The van der Waals surface area contributed by atoms with Crippen LogP contribution in [0.1, 0.15) is 35.9 Å². The van der Waals surface area contributed by atoms with Crippen molar-refractivity contribution in [3.63, 3.8) is 0 Å². The molecule has 0 radical (unpaired) electrons. The zero-order chi connectivity index (χ0) is 14.7.